The number of hydrogen-bond acceptors (Lipinski definition) is 6. The van der Waals surface area contributed by atoms with Crippen molar-refractivity contribution in [1.29, 1.82) is 0 Å². The third-order valence-electron chi connectivity index (χ3n) is 5.14. The maximum Gasteiger partial charge on any atom is 0.490 e. The quantitative estimate of drug-likeness (QED) is 0.541. The first kappa shape index (κ1) is 23.3. The number of carbonyl (C=O) groups is 1. The number of carboxylic acids is 1. The Balaban J connectivity index is 0.000000360. The molecule has 1 atom stereocenters. The lowest BCUT2D eigenvalue weighted by Crippen LogP contribution is -2.25. The van der Waals surface area contributed by atoms with Gasteiger partial charge in [0, 0.05) is 12.6 Å². The summed E-state index contributed by atoms with van der Waals surface area (Å²) in [7, 11) is 3.37. The molecule has 2 aromatic carbocycles. The fourth-order valence-electron chi connectivity index (χ4n) is 3.58. The second-order valence-corrected chi connectivity index (χ2v) is 7.18. The number of alkyl halides is 3. The van der Waals surface area contributed by atoms with E-state index in [4.69, 9.17) is 19.4 Å². The van der Waals surface area contributed by atoms with Crippen LogP contribution in [0.25, 0.3) is 11.0 Å². The molecular weight excluding hydrogens is 429 g/mol. The van der Waals surface area contributed by atoms with E-state index in [1.807, 2.05) is 6.07 Å². The molecule has 32 heavy (non-hydrogen) atoms. The van der Waals surface area contributed by atoms with Crippen LogP contribution in [0.2, 0.25) is 0 Å². The van der Waals surface area contributed by atoms with Gasteiger partial charge >= 0.3 is 12.1 Å². The van der Waals surface area contributed by atoms with Crippen molar-refractivity contribution in [2.24, 2.45) is 0 Å². The summed E-state index contributed by atoms with van der Waals surface area (Å²) in [5.41, 5.74) is 5.65. The van der Waals surface area contributed by atoms with Crippen LogP contribution in [0.3, 0.4) is 0 Å². The van der Waals surface area contributed by atoms with Crippen LogP contribution in [0.1, 0.15) is 35.6 Å². The Bertz CT molecular complexity index is 1080. The first-order valence-electron chi connectivity index (χ1n) is 9.80. The molecule has 1 aliphatic carbocycles. The first-order chi connectivity index (χ1) is 15.2. The van der Waals surface area contributed by atoms with Gasteiger partial charge in [0.15, 0.2) is 11.5 Å². The van der Waals surface area contributed by atoms with E-state index in [0.717, 1.165) is 41.9 Å². The Morgan fingerprint density at radius 3 is 2.47 bits per heavy atom. The third-order valence-corrected chi connectivity index (χ3v) is 5.14. The summed E-state index contributed by atoms with van der Waals surface area (Å²) in [6.07, 6.45) is -1.71. The summed E-state index contributed by atoms with van der Waals surface area (Å²) in [5.74, 6) is -1.16. The van der Waals surface area contributed by atoms with Gasteiger partial charge in [0.25, 0.3) is 0 Å². The molecule has 1 aromatic heterocycles. The van der Waals surface area contributed by atoms with Crippen molar-refractivity contribution in [3.05, 3.63) is 47.0 Å². The Morgan fingerprint density at radius 1 is 1.16 bits per heavy atom. The van der Waals surface area contributed by atoms with E-state index in [2.05, 4.69) is 45.0 Å². The van der Waals surface area contributed by atoms with Crippen molar-refractivity contribution in [2.75, 3.05) is 14.2 Å². The molecule has 0 saturated heterocycles. The maximum absolute atomic E-state index is 10.6. The number of hydrogen-bond donors (Lipinski definition) is 3. The monoisotopic (exact) mass is 452 g/mol. The number of benzene rings is 2. The minimum Gasteiger partial charge on any atom is -0.493 e. The molecule has 172 valence electrons. The number of methoxy groups -OCH3 is 2. The fraction of sp³-hybridized carbons (Fsp3) is 0.381. The number of aryl methyl sites for hydroxylation is 1. The predicted molar refractivity (Wildman–Crippen MR) is 110 cm³/mol. The summed E-state index contributed by atoms with van der Waals surface area (Å²) in [6.45, 7) is 0.793. The average molecular weight is 452 g/mol. The highest BCUT2D eigenvalue weighted by Crippen LogP contribution is 2.38. The number of halogens is 3. The van der Waals surface area contributed by atoms with Gasteiger partial charge in [-0.25, -0.2) is 4.79 Å². The third kappa shape index (κ3) is 5.47. The van der Waals surface area contributed by atoms with Crippen LogP contribution in [0.5, 0.6) is 11.5 Å². The van der Waals surface area contributed by atoms with Gasteiger partial charge < -0.3 is 19.9 Å². The molecule has 0 amide bonds. The largest absolute Gasteiger partial charge is 0.493 e. The van der Waals surface area contributed by atoms with Crippen LogP contribution < -0.4 is 14.8 Å². The highest BCUT2D eigenvalue weighted by Gasteiger charge is 2.38. The molecular formula is C21H23F3N4O4. The van der Waals surface area contributed by atoms with E-state index in [0.29, 0.717) is 6.04 Å². The molecule has 1 heterocycles. The number of aliphatic carboxylic acids is 1. The lowest BCUT2D eigenvalue weighted by molar-refractivity contribution is -0.192. The lowest BCUT2D eigenvalue weighted by Gasteiger charge is -2.28. The van der Waals surface area contributed by atoms with E-state index < -0.39 is 12.1 Å². The molecule has 3 N–H and O–H groups in total. The molecule has 0 saturated carbocycles. The number of rotatable bonds is 5. The summed E-state index contributed by atoms with van der Waals surface area (Å²) in [4.78, 5) is 8.90. The standard InChI is InChI=1S/C19H22N4O2.C2HF3O2/c1-24-18-9-13-4-3-5-15(14(13)10-19(18)25-2)20-11-12-6-7-16-17(8-12)22-23-21-16;3-2(4,5)1(6)7/h6-10,15,20H,3-5,11H2,1-2H3,(H,21,22,23);(H,6,7). The molecule has 0 radical (unpaired) electrons. The SMILES string of the molecule is COc1cc2c(cc1OC)C(NCc1ccc3n[nH]nc3c1)CCC2.O=C(O)C(F)(F)F. The number of carboxylic acid groups (broad SMARTS) is 1. The molecule has 1 aliphatic rings. The number of H-pyrrole nitrogens is 1. The Morgan fingerprint density at radius 2 is 1.81 bits per heavy atom. The zero-order valence-electron chi connectivity index (χ0n) is 17.5. The van der Waals surface area contributed by atoms with Crippen molar-refractivity contribution in [2.45, 2.75) is 38.0 Å². The second-order valence-electron chi connectivity index (χ2n) is 7.18. The van der Waals surface area contributed by atoms with Crippen LogP contribution in [-0.4, -0.2) is 46.9 Å². The number of aromatic nitrogens is 3. The number of nitrogens with one attached hydrogen (secondary N) is 2. The molecule has 0 spiro atoms. The summed E-state index contributed by atoms with van der Waals surface area (Å²) in [5, 5.41) is 21.7. The Kier molecular flexibility index (Phi) is 7.18. The zero-order chi connectivity index (χ0) is 23.3. The number of fused-ring (bicyclic) bond motifs is 2. The Labute approximate surface area is 181 Å². The Hall–Kier alpha value is -3.34. The molecule has 0 bridgehead atoms. The minimum absolute atomic E-state index is 0.316. The summed E-state index contributed by atoms with van der Waals surface area (Å²) >= 11 is 0. The number of aromatic amines is 1. The molecule has 0 fully saturated rings. The minimum atomic E-state index is -5.08. The average Bonchev–Trinajstić information content (AvgIpc) is 3.24. The molecule has 1 unspecified atom stereocenters. The van der Waals surface area contributed by atoms with Crippen molar-refractivity contribution < 1.29 is 32.5 Å². The van der Waals surface area contributed by atoms with Crippen LogP contribution in [-0.2, 0) is 17.8 Å². The van der Waals surface area contributed by atoms with Gasteiger partial charge in [0.2, 0.25) is 0 Å². The number of ether oxygens (including phenoxy) is 2. The molecule has 3 aromatic rings. The predicted octanol–water partition coefficient (Wildman–Crippen LogP) is 3.78. The van der Waals surface area contributed by atoms with E-state index in [1.165, 1.54) is 23.1 Å². The molecule has 11 heteroatoms. The maximum atomic E-state index is 10.6. The molecule has 4 rings (SSSR count). The van der Waals surface area contributed by atoms with E-state index >= 15 is 0 Å². The van der Waals surface area contributed by atoms with Gasteiger partial charge in [-0.05, 0) is 60.2 Å². The molecule has 0 aliphatic heterocycles. The topological polar surface area (TPSA) is 109 Å². The fourth-order valence-corrected chi connectivity index (χ4v) is 3.58. The lowest BCUT2D eigenvalue weighted by atomic mass is 9.87. The van der Waals surface area contributed by atoms with Crippen LogP contribution in [0.15, 0.2) is 30.3 Å². The normalized spacial score (nSPS) is 15.5. The van der Waals surface area contributed by atoms with Gasteiger partial charge in [0.1, 0.15) is 11.0 Å². The van der Waals surface area contributed by atoms with Crippen molar-refractivity contribution in [3.63, 3.8) is 0 Å². The van der Waals surface area contributed by atoms with Crippen LogP contribution >= 0.6 is 0 Å². The van der Waals surface area contributed by atoms with Gasteiger partial charge in [-0.2, -0.15) is 28.6 Å². The summed E-state index contributed by atoms with van der Waals surface area (Å²) < 4.78 is 42.7. The van der Waals surface area contributed by atoms with Crippen molar-refractivity contribution in [3.8, 4) is 11.5 Å². The van der Waals surface area contributed by atoms with Crippen molar-refractivity contribution >= 4 is 17.0 Å². The van der Waals surface area contributed by atoms with Gasteiger partial charge in [0.05, 0.1) is 14.2 Å². The van der Waals surface area contributed by atoms with Gasteiger partial charge in [-0.15, -0.1) is 0 Å². The van der Waals surface area contributed by atoms with Crippen LogP contribution in [0.4, 0.5) is 13.2 Å². The van der Waals surface area contributed by atoms with Crippen molar-refractivity contribution in [1.82, 2.24) is 20.7 Å². The highest BCUT2D eigenvalue weighted by atomic mass is 19.4. The zero-order valence-corrected chi connectivity index (χ0v) is 17.5. The highest BCUT2D eigenvalue weighted by molar-refractivity contribution is 5.74. The van der Waals surface area contributed by atoms with E-state index in [1.54, 1.807) is 14.2 Å². The van der Waals surface area contributed by atoms with Gasteiger partial charge in [-0.1, -0.05) is 6.07 Å². The van der Waals surface area contributed by atoms with Crippen LogP contribution in [0, 0.1) is 0 Å². The summed E-state index contributed by atoms with van der Waals surface area (Å²) in [6, 6.07) is 10.7. The second kappa shape index (κ2) is 9.86. The smallest absolute Gasteiger partial charge is 0.490 e. The first-order valence-corrected chi connectivity index (χ1v) is 9.80. The van der Waals surface area contributed by atoms with E-state index in [9.17, 15) is 13.2 Å². The number of nitrogens with zero attached hydrogens (tertiary/aromatic N) is 2. The molecule has 8 nitrogen and oxygen atoms in total. The van der Waals surface area contributed by atoms with Gasteiger partial charge in [-0.3, -0.25) is 0 Å². The van der Waals surface area contributed by atoms with E-state index in [-0.39, 0.29) is 0 Å².